The number of hydrogen-bond donors (Lipinski definition) is 4. The second-order valence-electron chi connectivity index (χ2n) is 8.79. The average Bonchev–Trinajstić information content (AvgIpc) is 3.20. The lowest BCUT2D eigenvalue weighted by atomic mass is 9.99. The summed E-state index contributed by atoms with van der Waals surface area (Å²) in [5, 5.41) is 17.6. The third kappa shape index (κ3) is 5.97. The Labute approximate surface area is 224 Å². The summed E-state index contributed by atoms with van der Waals surface area (Å²) in [6.07, 6.45) is -1.75. The van der Waals surface area contributed by atoms with Crippen LogP contribution < -0.4 is 16.4 Å². The molecule has 2 heterocycles. The van der Waals surface area contributed by atoms with Crippen LogP contribution >= 0.6 is 0 Å². The van der Waals surface area contributed by atoms with E-state index >= 15 is 4.39 Å². The van der Waals surface area contributed by atoms with Crippen molar-refractivity contribution in [3.8, 4) is 11.1 Å². The topological polar surface area (TPSA) is 127 Å². The first-order valence-electron chi connectivity index (χ1n) is 12.0. The average molecular weight is 565 g/mol. The maximum Gasteiger partial charge on any atom is 0.416 e. The van der Waals surface area contributed by atoms with Gasteiger partial charge in [-0.25, -0.2) is 23.1 Å². The van der Waals surface area contributed by atoms with Crippen LogP contribution in [0.2, 0.25) is 0 Å². The number of carbonyl (C=O) groups excluding carboxylic acids is 1. The molecule has 0 fully saturated rings. The Morgan fingerprint density at radius 1 is 1.07 bits per heavy atom. The van der Waals surface area contributed by atoms with Gasteiger partial charge >= 0.3 is 12.2 Å². The summed E-state index contributed by atoms with van der Waals surface area (Å²) in [4.78, 5) is 16.4. The lowest BCUT2D eigenvalue weighted by molar-refractivity contribution is -0.137. The number of nitrogens with two attached hydrogens (primary N) is 1. The van der Waals surface area contributed by atoms with Gasteiger partial charge in [0.2, 0.25) is 0 Å². The van der Waals surface area contributed by atoms with E-state index in [1.54, 1.807) is 4.52 Å². The second-order valence-corrected chi connectivity index (χ2v) is 8.79. The number of aromatic nitrogens is 3. The highest BCUT2D eigenvalue weighted by Crippen LogP contribution is 2.38. The predicted octanol–water partition coefficient (Wildman–Crippen LogP) is 5.38. The minimum Gasteiger partial charge on any atom is -0.396 e. The lowest BCUT2D eigenvalue weighted by Crippen LogP contribution is -2.21. The van der Waals surface area contributed by atoms with Gasteiger partial charge in [-0.05, 0) is 55.2 Å². The van der Waals surface area contributed by atoms with Crippen LogP contribution in [-0.2, 0) is 23.9 Å². The molecule has 0 aliphatic carbocycles. The number of fused-ring (bicyclic) bond motifs is 1. The number of aryl methyl sites for hydroxylation is 1. The number of methoxy groups -OCH3 is 1. The summed E-state index contributed by atoms with van der Waals surface area (Å²) in [5.41, 5.74) is 6.72. The molecule has 0 atom stereocenters. The number of benzene rings is 2. The van der Waals surface area contributed by atoms with Gasteiger partial charge in [0.1, 0.15) is 23.5 Å². The van der Waals surface area contributed by atoms with Gasteiger partial charge in [-0.2, -0.15) is 18.3 Å². The van der Waals surface area contributed by atoms with Crippen molar-refractivity contribution in [2.45, 2.75) is 32.0 Å². The number of amides is 2. The smallest absolute Gasteiger partial charge is 0.396 e. The van der Waals surface area contributed by atoms with Gasteiger partial charge < -0.3 is 26.2 Å². The van der Waals surface area contributed by atoms with Crippen LogP contribution in [0.5, 0.6) is 0 Å². The van der Waals surface area contributed by atoms with E-state index in [2.05, 4.69) is 15.4 Å². The SMILES string of the molecule is COCc1c(-c2ccc(NC(=O)Nc3cc(C(F)(F)F)ccc3F)c(F)c2)c2c(N)ncnn2c1CCCCO. The van der Waals surface area contributed by atoms with Gasteiger partial charge in [0, 0.05) is 30.5 Å². The first-order valence-corrected chi connectivity index (χ1v) is 12.0. The molecular formula is C26H25F5N6O3. The number of nitrogens with one attached hydrogen (secondary N) is 2. The van der Waals surface area contributed by atoms with Crippen LogP contribution in [-0.4, -0.2) is 39.5 Å². The molecule has 40 heavy (non-hydrogen) atoms. The summed E-state index contributed by atoms with van der Waals surface area (Å²) in [7, 11) is 1.50. The van der Waals surface area contributed by atoms with Crippen molar-refractivity contribution in [3.05, 3.63) is 71.2 Å². The number of hydrogen-bond acceptors (Lipinski definition) is 6. The van der Waals surface area contributed by atoms with Gasteiger partial charge in [-0.15, -0.1) is 0 Å². The monoisotopic (exact) mass is 564 g/mol. The van der Waals surface area contributed by atoms with Crippen LogP contribution in [0.4, 0.5) is 43.9 Å². The molecule has 0 bridgehead atoms. The number of unbranched alkanes of at least 4 members (excludes halogenated alkanes) is 1. The third-order valence-electron chi connectivity index (χ3n) is 6.12. The molecule has 4 aromatic rings. The molecule has 2 aromatic carbocycles. The molecular weight excluding hydrogens is 539 g/mol. The number of halogens is 5. The zero-order valence-electron chi connectivity index (χ0n) is 21.1. The maximum atomic E-state index is 15.2. The van der Waals surface area contributed by atoms with Gasteiger partial charge in [0.15, 0.2) is 5.82 Å². The summed E-state index contributed by atoms with van der Waals surface area (Å²) < 4.78 is 75.1. The third-order valence-corrected chi connectivity index (χ3v) is 6.12. The fraction of sp³-hybridized carbons (Fsp3) is 0.269. The van der Waals surface area contributed by atoms with Crippen LogP contribution in [0.1, 0.15) is 29.7 Å². The first kappa shape index (κ1) is 28.7. The zero-order chi connectivity index (χ0) is 29.0. The summed E-state index contributed by atoms with van der Waals surface area (Å²) in [6.45, 7) is 0.153. The van der Waals surface area contributed by atoms with Crippen LogP contribution in [0.15, 0.2) is 42.7 Å². The van der Waals surface area contributed by atoms with Crippen molar-refractivity contribution in [1.82, 2.24) is 14.6 Å². The molecule has 5 N–H and O–H groups in total. The van der Waals surface area contributed by atoms with Crippen LogP contribution in [0.25, 0.3) is 16.6 Å². The van der Waals surface area contributed by atoms with E-state index in [9.17, 15) is 27.5 Å². The van der Waals surface area contributed by atoms with Gasteiger partial charge in [0.05, 0.1) is 23.5 Å². The lowest BCUT2D eigenvalue weighted by Gasteiger charge is -2.13. The standard InChI is InChI=1S/C26H25F5N6O3/c1-40-12-16-21(4-2-3-9-38)37-23(24(32)33-13-34-37)22(16)14-5-8-19(18(28)10-14)35-25(39)36-20-11-15(26(29,30)31)6-7-17(20)27/h5-8,10-11,13,38H,2-4,9,12H2,1H3,(H2,32,33,34)(H2,35,36,39). The largest absolute Gasteiger partial charge is 0.416 e. The number of alkyl halides is 3. The molecule has 9 nitrogen and oxygen atoms in total. The van der Waals surface area contributed by atoms with Gasteiger partial charge in [-0.3, -0.25) is 0 Å². The van der Waals surface area contributed by atoms with E-state index < -0.39 is 35.1 Å². The molecule has 2 aromatic heterocycles. The molecule has 0 aliphatic rings. The van der Waals surface area contributed by atoms with Crippen molar-refractivity contribution in [3.63, 3.8) is 0 Å². The normalized spacial score (nSPS) is 11.7. The predicted molar refractivity (Wildman–Crippen MR) is 138 cm³/mol. The van der Waals surface area contributed by atoms with E-state index in [1.807, 2.05) is 5.32 Å². The highest BCUT2D eigenvalue weighted by molar-refractivity contribution is 6.00. The van der Waals surface area contributed by atoms with Gasteiger partial charge in [0.25, 0.3) is 0 Å². The molecule has 0 saturated heterocycles. The Balaban J connectivity index is 1.66. The number of nitrogens with zero attached hydrogens (tertiary/aromatic N) is 3. The quantitative estimate of drug-likeness (QED) is 0.160. The van der Waals surface area contributed by atoms with Gasteiger partial charge in [-0.1, -0.05) is 6.07 Å². The highest BCUT2D eigenvalue weighted by atomic mass is 19.4. The molecule has 0 saturated carbocycles. The number of nitrogen functional groups attached to an aromatic ring is 1. The van der Waals surface area contributed by atoms with Crippen molar-refractivity contribution in [1.29, 1.82) is 0 Å². The first-order chi connectivity index (χ1) is 19.0. The fourth-order valence-corrected chi connectivity index (χ4v) is 4.34. The number of rotatable bonds is 9. The number of carbonyl (C=O) groups is 1. The van der Waals surface area contributed by atoms with Crippen molar-refractivity contribution in [2.24, 2.45) is 0 Å². The zero-order valence-corrected chi connectivity index (χ0v) is 21.1. The Bertz CT molecular complexity index is 1540. The summed E-state index contributed by atoms with van der Waals surface area (Å²) in [5.74, 6) is -1.84. The summed E-state index contributed by atoms with van der Waals surface area (Å²) >= 11 is 0. The molecule has 2 amide bonds. The molecule has 212 valence electrons. The van der Waals surface area contributed by atoms with Crippen LogP contribution in [0.3, 0.4) is 0 Å². The molecule has 0 radical (unpaired) electrons. The molecule has 0 aliphatic heterocycles. The second kappa shape index (κ2) is 11.8. The van der Waals surface area contributed by atoms with E-state index in [0.29, 0.717) is 59.7 Å². The van der Waals surface area contributed by atoms with E-state index in [4.69, 9.17) is 10.5 Å². The minimum absolute atomic E-state index is 0.0144. The maximum absolute atomic E-state index is 15.2. The fourth-order valence-electron chi connectivity index (χ4n) is 4.34. The van der Waals surface area contributed by atoms with E-state index in [-0.39, 0.29) is 24.7 Å². The number of anilines is 3. The van der Waals surface area contributed by atoms with Crippen LogP contribution in [0, 0.1) is 11.6 Å². The molecule has 0 spiro atoms. The molecule has 4 rings (SSSR count). The van der Waals surface area contributed by atoms with Crippen molar-refractivity contribution < 1.29 is 36.6 Å². The Kier molecular flexibility index (Phi) is 8.49. The van der Waals surface area contributed by atoms with Crippen molar-refractivity contribution >= 4 is 28.7 Å². The summed E-state index contributed by atoms with van der Waals surface area (Å²) in [6, 6.07) is 4.29. The number of urea groups is 1. The Hall–Kier alpha value is -4.30. The molecule has 14 heteroatoms. The Morgan fingerprint density at radius 3 is 2.50 bits per heavy atom. The number of ether oxygens (including phenoxy) is 1. The minimum atomic E-state index is -4.75. The highest BCUT2D eigenvalue weighted by Gasteiger charge is 2.31. The van der Waals surface area contributed by atoms with E-state index in [0.717, 1.165) is 11.8 Å². The number of aliphatic hydroxyl groups is 1. The Morgan fingerprint density at radius 2 is 1.82 bits per heavy atom. The number of aliphatic hydroxyl groups excluding tert-OH is 1. The van der Waals surface area contributed by atoms with E-state index in [1.165, 1.54) is 25.6 Å². The van der Waals surface area contributed by atoms with Crippen molar-refractivity contribution in [2.75, 3.05) is 30.1 Å². The molecule has 0 unspecified atom stereocenters.